The topological polar surface area (TPSA) is 61.6 Å². The normalized spacial score (nSPS) is 21.2. The van der Waals surface area contributed by atoms with Gasteiger partial charge in [0.25, 0.3) is 0 Å². The highest BCUT2D eigenvalue weighted by Gasteiger charge is 2.41. The lowest BCUT2D eigenvalue weighted by Crippen LogP contribution is -2.47. The molecule has 0 bridgehead atoms. The number of carbonyl (C=O) groups is 1. The number of likely N-dealkylation sites (tertiary alicyclic amines) is 1. The van der Waals surface area contributed by atoms with Gasteiger partial charge in [0.2, 0.25) is 0 Å². The Morgan fingerprint density at radius 3 is 2.33 bits per heavy atom. The molecule has 3 aromatic rings. The van der Waals surface area contributed by atoms with Gasteiger partial charge in [-0.05, 0) is 73.7 Å². The van der Waals surface area contributed by atoms with Gasteiger partial charge in [0.05, 0.1) is 5.69 Å². The number of aryl methyl sites for hydroxylation is 1. The fourth-order valence-corrected chi connectivity index (χ4v) is 7.60. The zero-order chi connectivity index (χ0) is 29.8. The maximum absolute atomic E-state index is 14.3. The molecule has 2 aromatic carbocycles. The number of aliphatic carboxylic acids is 1. The first-order valence-electron chi connectivity index (χ1n) is 15.8. The summed E-state index contributed by atoms with van der Waals surface area (Å²) in [5, 5.41) is 9.95. The number of aromatic nitrogens is 2. The van der Waals surface area contributed by atoms with Crippen LogP contribution in [0.15, 0.2) is 60.8 Å². The zero-order valence-corrected chi connectivity index (χ0v) is 29.3. The number of carboxylic acid groups (broad SMARTS) is 1. The summed E-state index contributed by atoms with van der Waals surface area (Å²) in [5.74, 6) is 0.794. The molecule has 10 heteroatoms. The number of benzene rings is 2. The molecule has 2 aliphatic rings. The second-order valence-electron chi connectivity index (χ2n) is 12.8. The first kappa shape index (κ1) is 39.0. The predicted molar refractivity (Wildman–Crippen MR) is 187 cm³/mol. The summed E-state index contributed by atoms with van der Waals surface area (Å²) in [7, 11) is 1.96. The molecule has 0 spiro atoms. The number of hydrogen-bond acceptors (Lipinski definition) is 4. The summed E-state index contributed by atoms with van der Waals surface area (Å²) in [6.45, 7) is 9.15. The first-order chi connectivity index (χ1) is 20.2. The largest absolute Gasteiger partial charge is 0.480 e. The van der Waals surface area contributed by atoms with E-state index in [0.29, 0.717) is 12.0 Å². The zero-order valence-electron chi connectivity index (χ0n) is 26.8. The minimum atomic E-state index is -0.766. The second kappa shape index (κ2) is 17.7. The highest BCUT2D eigenvalue weighted by molar-refractivity contribution is 5.86. The van der Waals surface area contributed by atoms with Crippen molar-refractivity contribution < 1.29 is 14.3 Å². The van der Waals surface area contributed by atoms with Gasteiger partial charge in [-0.2, -0.15) is 0 Å². The molecule has 2 fully saturated rings. The van der Waals surface area contributed by atoms with E-state index in [1.165, 1.54) is 17.5 Å². The van der Waals surface area contributed by atoms with E-state index in [-0.39, 0.29) is 60.9 Å². The third-order valence-electron chi connectivity index (χ3n) is 9.69. The van der Waals surface area contributed by atoms with E-state index in [4.69, 9.17) is 4.98 Å². The fraction of sp³-hybridized carbons (Fsp3) is 0.543. The molecule has 0 radical (unpaired) electrons. The van der Waals surface area contributed by atoms with Gasteiger partial charge in [0.1, 0.15) is 17.7 Å². The lowest BCUT2D eigenvalue weighted by atomic mass is 9.88. The highest BCUT2D eigenvalue weighted by Crippen LogP contribution is 2.43. The van der Waals surface area contributed by atoms with Crippen molar-refractivity contribution in [3.05, 3.63) is 89.3 Å². The number of likely N-dealkylation sites (N-methyl/N-ethyl adjacent to an activating group) is 1. The van der Waals surface area contributed by atoms with Gasteiger partial charge in [-0.25, -0.2) is 9.37 Å². The number of imidazole rings is 1. The molecule has 5 rings (SSSR count). The van der Waals surface area contributed by atoms with Gasteiger partial charge in [-0.1, -0.05) is 63.2 Å². The second-order valence-corrected chi connectivity index (χ2v) is 12.8. The van der Waals surface area contributed by atoms with Crippen molar-refractivity contribution in [3.63, 3.8) is 0 Å². The molecule has 3 unspecified atom stereocenters. The van der Waals surface area contributed by atoms with Gasteiger partial charge in [-0.3, -0.25) is 9.69 Å². The maximum Gasteiger partial charge on any atom is 0.321 e. The van der Waals surface area contributed by atoms with E-state index in [2.05, 4.69) is 57.8 Å². The highest BCUT2D eigenvalue weighted by atomic mass is 35.5. The Labute approximate surface area is 287 Å². The average molecular weight is 684 g/mol. The minimum absolute atomic E-state index is 0. The van der Waals surface area contributed by atoms with Crippen LogP contribution < -0.4 is 0 Å². The monoisotopic (exact) mass is 682 g/mol. The van der Waals surface area contributed by atoms with Crippen LogP contribution in [0, 0.1) is 17.7 Å². The molecule has 1 saturated carbocycles. The van der Waals surface area contributed by atoms with Crippen LogP contribution in [0.5, 0.6) is 0 Å². The Kier molecular flexibility index (Phi) is 15.3. The Balaban J connectivity index is 0.00000235. The summed E-state index contributed by atoms with van der Waals surface area (Å²) >= 11 is 0. The van der Waals surface area contributed by atoms with E-state index in [1.54, 1.807) is 12.1 Å². The molecule has 4 atom stereocenters. The number of rotatable bonds is 11. The molecule has 1 aromatic heterocycles. The first-order valence-corrected chi connectivity index (χ1v) is 15.8. The summed E-state index contributed by atoms with van der Waals surface area (Å²) in [4.78, 5) is 21.8. The van der Waals surface area contributed by atoms with Crippen LogP contribution in [0.4, 0.5) is 4.39 Å². The van der Waals surface area contributed by atoms with Crippen molar-refractivity contribution in [2.24, 2.45) is 11.8 Å². The van der Waals surface area contributed by atoms with Crippen molar-refractivity contribution in [3.8, 4) is 0 Å². The van der Waals surface area contributed by atoms with Gasteiger partial charge < -0.3 is 14.6 Å². The van der Waals surface area contributed by atoms with E-state index < -0.39 is 12.0 Å². The molecular weight excluding hydrogens is 634 g/mol. The SMILES string of the molecule is CCc1nc(Cc2ccccc2)cn1C1CCN(CC2CC(N(C)[C@@H](C(=O)O)C(C)C)CC2c2cccc(F)c2)CC1.Cl.Cl.Cl. The van der Waals surface area contributed by atoms with Crippen LogP contribution >= 0.6 is 37.2 Å². The van der Waals surface area contributed by atoms with Crippen LogP contribution in [0.1, 0.15) is 81.1 Å². The molecule has 6 nitrogen and oxygen atoms in total. The molecule has 1 aliphatic heterocycles. The van der Waals surface area contributed by atoms with Crippen LogP contribution in [-0.2, 0) is 17.6 Å². The maximum atomic E-state index is 14.3. The minimum Gasteiger partial charge on any atom is -0.480 e. The van der Waals surface area contributed by atoms with E-state index in [0.717, 1.165) is 69.4 Å². The molecule has 1 N–H and O–H groups in total. The van der Waals surface area contributed by atoms with Gasteiger partial charge in [0, 0.05) is 50.8 Å². The van der Waals surface area contributed by atoms with Gasteiger partial charge >= 0.3 is 5.97 Å². The molecule has 1 aliphatic carbocycles. The molecule has 45 heavy (non-hydrogen) atoms. The molecule has 2 heterocycles. The number of carboxylic acids is 1. The van der Waals surface area contributed by atoms with Crippen molar-refractivity contribution in [2.75, 3.05) is 26.7 Å². The van der Waals surface area contributed by atoms with E-state index in [9.17, 15) is 14.3 Å². The van der Waals surface area contributed by atoms with E-state index >= 15 is 0 Å². The Bertz CT molecular complexity index is 1330. The number of hydrogen-bond donors (Lipinski definition) is 1. The smallest absolute Gasteiger partial charge is 0.321 e. The molecule has 250 valence electrons. The molecular formula is C35H50Cl3FN4O2. The average Bonchev–Trinajstić information content (AvgIpc) is 3.58. The summed E-state index contributed by atoms with van der Waals surface area (Å²) in [6.07, 6.45) is 8.02. The lowest BCUT2D eigenvalue weighted by Gasteiger charge is -2.36. The van der Waals surface area contributed by atoms with Crippen molar-refractivity contribution in [1.29, 1.82) is 0 Å². The third-order valence-corrected chi connectivity index (χ3v) is 9.69. The number of halogens is 4. The van der Waals surface area contributed by atoms with Crippen LogP contribution in [0.3, 0.4) is 0 Å². The predicted octanol–water partition coefficient (Wildman–Crippen LogP) is 7.68. The van der Waals surface area contributed by atoms with Gasteiger partial charge in [0.15, 0.2) is 0 Å². The summed E-state index contributed by atoms with van der Waals surface area (Å²) in [6, 6.07) is 17.7. The van der Waals surface area contributed by atoms with Crippen LogP contribution in [-0.4, -0.2) is 69.2 Å². The Morgan fingerprint density at radius 1 is 1.04 bits per heavy atom. The van der Waals surface area contributed by atoms with Crippen LogP contribution in [0.25, 0.3) is 0 Å². The quantitative estimate of drug-likeness (QED) is 0.225. The summed E-state index contributed by atoms with van der Waals surface area (Å²) < 4.78 is 16.7. The van der Waals surface area contributed by atoms with Crippen molar-refractivity contribution >= 4 is 43.2 Å². The van der Waals surface area contributed by atoms with E-state index in [1.807, 2.05) is 27.0 Å². The number of piperidine rings is 1. The summed E-state index contributed by atoms with van der Waals surface area (Å²) in [5.41, 5.74) is 3.47. The standard InChI is InChI=1S/C35H47FN4O2.3ClH/c1-5-33-37-29(18-25-10-7-6-8-11-25)23-40(33)30-14-16-39(17-15-30)22-27-20-31(38(4)34(24(2)3)35(41)42)21-32(27)26-12-9-13-28(36)19-26;;;/h6-13,19,23-24,27,30-32,34H,5,14-18,20-22H2,1-4H3,(H,41,42);3*1H/t27?,31?,32?,34-;;;/m1.../s1. The van der Waals surface area contributed by atoms with Crippen molar-refractivity contribution in [2.45, 2.75) is 83.3 Å². The Morgan fingerprint density at radius 2 is 1.73 bits per heavy atom. The third kappa shape index (κ3) is 9.45. The molecule has 1 saturated heterocycles. The Hall–Kier alpha value is -2.16. The fourth-order valence-electron chi connectivity index (χ4n) is 7.60. The van der Waals surface area contributed by atoms with Gasteiger partial charge in [-0.15, -0.1) is 37.2 Å². The lowest BCUT2D eigenvalue weighted by molar-refractivity contribution is -0.145. The molecule has 0 amide bonds. The van der Waals surface area contributed by atoms with Crippen molar-refractivity contribution in [1.82, 2.24) is 19.4 Å². The number of nitrogens with zero attached hydrogens (tertiary/aromatic N) is 4. The van der Waals surface area contributed by atoms with Crippen LogP contribution in [0.2, 0.25) is 0 Å².